The Bertz CT molecular complexity index is 1290. The van der Waals surface area contributed by atoms with Gasteiger partial charge in [-0.25, -0.2) is 0 Å². The van der Waals surface area contributed by atoms with Gasteiger partial charge in [0.25, 0.3) is 0 Å². The van der Waals surface area contributed by atoms with Gasteiger partial charge in [-0.05, 0) is 36.8 Å². The summed E-state index contributed by atoms with van der Waals surface area (Å²) in [5, 5.41) is 14.0. The Labute approximate surface area is 201 Å². The summed E-state index contributed by atoms with van der Waals surface area (Å²) in [6, 6.07) is 9.03. The third-order valence-corrected chi connectivity index (χ3v) is 5.22. The second-order valence-corrected chi connectivity index (χ2v) is 7.48. The van der Waals surface area contributed by atoms with E-state index in [1.54, 1.807) is 45.6 Å². The lowest BCUT2D eigenvalue weighted by Crippen LogP contribution is -2.38. The summed E-state index contributed by atoms with van der Waals surface area (Å²) in [6.07, 6.45) is 2.95. The van der Waals surface area contributed by atoms with E-state index in [4.69, 9.17) is 23.7 Å². The third-order valence-electron chi connectivity index (χ3n) is 5.22. The van der Waals surface area contributed by atoms with Crippen molar-refractivity contribution in [1.82, 2.24) is 10.6 Å². The van der Waals surface area contributed by atoms with Gasteiger partial charge in [0.1, 0.15) is 29.4 Å². The molecule has 0 spiro atoms. The molecule has 1 heterocycles. The molecule has 3 N–H and O–H groups in total. The molecule has 0 aliphatic carbocycles. The zero-order chi connectivity index (χ0) is 25.5. The Balaban J connectivity index is 1.93. The number of aliphatic carboxylic acids is 1. The fourth-order valence-electron chi connectivity index (χ4n) is 3.49. The largest absolute Gasteiger partial charge is 0.497 e. The van der Waals surface area contributed by atoms with Gasteiger partial charge in [0.15, 0.2) is 0 Å². The number of carbonyl (C=O) groups is 3. The van der Waals surface area contributed by atoms with Crippen molar-refractivity contribution in [2.75, 3.05) is 34.4 Å². The van der Waals surface area contributed by atoms with E-state index >= 15 is 0 Å². The minimum Gasteiger partial charge on any atom is -0.497 e. The van der Waals surface area contributed by atoms with Crippen LogP contribution in [0.25, 0.3) is 27.7 Å². The average molecular weight is 482 g/mol. The monoisotopic (exact) mass is 482 g/mol. The first-order valence-electron chi connectivity index (χ1n) is 10.5. The maximum absolute atomic E-state index is 12.4. The minimum absolute atomic E-state index is 0.354. The second-order valence-electron chi connectivity index (χ2n) is 7.48. The molecule has 2 aromatic carbocycles. The number of hydrogen-bond donors (Lipinski definition) is 3. The van der Waals surface area contributed by atoms with Crippen molar-refractivity contribution in [2.24, 2.45) is 0 Å². The fourth-order valence-corrected chi connectivity index (χ4v) is 3.49. The molecule has 10 heteroatoms. The number of ether oxygens (including phenoxy) is 3. The molecule has 35 heavy (non-hydrogen) atoms. The van der Waals surface area contributed by atoms with Gasteiger partial charge in [-0.15, -0.1) is 0 Å². The Morgan fingerprint density at radius 1 is 0.943 bits per heavy atom. The second kappa shape index (κ2) is 11.1. The zero-order valence-corrected chi connectivity index (χ0v) is 19.8. The van der Waals surface area contributed by atoms with Gasteiger partial charge in [-0.1, -0.05) is 0 Å². The van der Waals surface area contributed by atoms with Crippen LogP contribution in [0, 0.1) is 0 Å². The molecule has 1 aromatic heterocycles. The summed E-state index contributed by atoms with van der Waals surface area (Å²) in [4.78, 5) is 34.5. The summed E-state index contributed by atoms with van der Waals surface area (Å²) < 4.78 is 22.2. The number of hydrogen-bond acceptors (Lipinski definition) is 7. The molecular formula is C25H26N2O8. The topological polar surface area (TPSA) is 136 Å². The Kier molecular flexibility index (Phi) is 7.98. The lowest BCUT2D eigenvalue weighted by Gasteiger charge is -2.12. The van der Waals surface area contributed by atoms with E-state index < -0.39 is 24.3 Å². The molecule has 0 fully saturated rings. The van der Waals surface area contributed by atoms with Crippen LogP contribution in [0.15, 0.2) is 47.1 Å². The van der Waals surface area contributed by atoms with Crippen LogP contribution in [0.4, 0.5) is 0 Å². The van der Waals surface area contributed by atoms with Crippen LogP contribution in [0.1, 0.15) is 12.5 Å². The molecule has 0 bridgehead atoms. The average Bonchev–Trinajstić information content (AvgIpc) is 3.27. The standard InChI is InChI=1S/C25H26N2O8/c1-14(7-23(28)26-11-24(29)27-12-25(30)31)16-9-18-19(13-35-22(18)10-21(16)34-4)17-8-15(32-2)5-6-20(17)33-3/h5-10,13H,11-12H2,1-4H3,(H,26,28)(H,27,29)(H,30,31)/b14-7+. The van der Waals surface area contributed by atoms with Crippen LogP contribution < -0.4 is 24.8 Å². The van der Waals surface area contributed by atoms with E-state index in [1.807, 2.05) is 12.1 Å². The number of fused-ring (bicyclic) bond motifs is 1. The highest BCUT2D eigenvalue weighted by atomic mass is 16.5. The first-order valence-corrected chi connectivity index (χ1v) is 10.5. The van der Waals surface area contributed by atoms with Crippen LogP contribution in [0.3, 0.4) is 0 Å². The van der Waals surface area contributed by atoms with Crippen molar-refractivity contribution in [3.05, 3.63) is 48.2 Å². The predicted octanol–water partition coefficient (Wildman–Crippen LogP) is 2.85. The zero-order valence-electron chi connectivity index (χ0n) is 19.8. The van der Waals surface area contributed by atoms with Crippen LogP contribution in [0.2, 0.25) is 0 Å². The van der Waals surface area contributed by atoms with Crippen molar-refractivity contribution in [1.29, 1.82) is 0 Å². The maximum atomic E-state index is 12.4. The number of nitrogens with one attached hydrogen (secondary N) is 2. The molecule has 0 aliphatic rings. The minimum atomic E-state index is -1.17. The first-order chi connectivity index (χ1) is 16.8. The number of benzene rings is 2. The van der Waals surface area contributed by atoms with Crippen molar-refractivity contribution < 1.29 is 38.1 Å². The van der Waals surface area contributed by atoms with E-state index in [2.05, 4.69) is 10.6 Å². The molecule has 0 unspecified atom stereocenters. The molecule has 3 aromatic rings. The number of furan rings is 1. The molecule has 0 atom stereocenters. The molecule has 184 valence electrons. The summed E-state index contributed by atoms with van der Waals surface area (Å²) in [5.74, 6) is -0.509. The van der Waals surface area contributed by atoms with Gasteiger partial charge in [-0.3, -0.25) is 14.4 Å². The van der Waals surface area contributed by atoms with E-state index in [9.17, 15) is 14.4 Å². The number of carboxylic acids is 1. The van der Waals surface area contributed by atoms with Crippen LogP contribution in [-0.2, 0) is 14.4 Å². The summed E-state index contributed by atoms with van der Waals surface area (Å²) >= 11 is 0. The van der Waals surface area contributed by atoms with Gasteiger partial charge >= 0.3 is 5.97 Å². The van der Waals surface area contributed by atoms with Crippen molar-refractivity contribution in [3.8, 4) is 28.4 Å². The van der Waals surface area contributed by atoms with Crippen LogP contribution in [0.5, 0.6) is 17.2 Å². The summed E-state index contributed by atoms with van der Waals surface area (Å²) in [6.45, 7) is 0.860. The molecular weight excluding hydrogens is 456 g/mol. The summed E-state index contributed by atoms with van der Waals surface area (Å²) in [5.41, 5.74) is 3.35. The van der Waals surface area contributed by atoms with Gasteiger partial charge in [-0.2, -0.15) is 0 Å². The number of carbonyl (C=O) groups excluding carboxylic acids is 2. The first kappa shape index (κ1) is 25.2. The number of rotatable bonds is 10. The molecule has 3 rings (SSSR count). The fraction of sp³-hybridized carbons (Fsp3) is 0.240. The highest BCUT2D eigenvalue weighted by Crippen LogP contribution is 2.41. The Morgan fingerprint density at radius 3 is 2.34 bits per heavy atom. The van der Waals surface area contributed by atoms with E-state index in [1.165, 1.54) is 13.2 Å². The van der Waals surface area contributed by atoms with Gasteiger partial charge in [0.05, 0.1) is 34.1 Å². The lowest BCUT2D eigenvalue weighted by atomic mass is 9.98. The molecule has 0 saturated heterocycles. The normalized spacial score (nSPS) is 11.1. The molecule has 0 saturated carbocycles. The molecule has 0 aliphatic heterocycles. The van der Waals surface area contributed by atoms with Gasteiger partial charge in [0, 0.05) is 34.2 Å². The maximum Gasteiger partial charge on any atom is 0.322 e. The smallest absolute Gasteiger partial charge is 0.322 e. The van der Waals surface area contributed by atoms with Crippen LogP contribution in [-0.4, -0.2) is 57.3 Å². The summed E-state index contributed by atoms with van der Waals surface area (Å²) in [7, 11) is 4.67. The lowest BCUT2D eigenvalue weighted by molar-refractivity contribution is -0.137. The van der Waals surface area contributed by atoms with Crippen molar-refractivity contribution in [3.63, 3.8) is 0 Å². The number of amides is 2. The van der Waals surface area contributed by atoms with E-state index in [-0.39, 0.29) is 6.54 Å². The highest BCUT2D eigenvalue weighted by molar-refractivity contribution is 6.01. The molecule has 2 amide bonds. The van der Waals surface area contributed by atoms with Crippen LogP contribution >= 0.6 is 0 Å². The quantitative estimate of drug-likeness (QED) is 0.375. The molecule has 10 nitrogen and oxygen atoms in total. The van der Waals surface area contributed by atoms with Crippen molar-refractivity contribution >= 4 is 34.3 Å². The number of carboxylic acid groups (broad SMARTS) is 1. The van der Waals surface area contributed by atoms with Crippen molar-refractivity contribution in [2.45, 2.75) is 6.92 Å². The van der Waals surface area contributed by atoms with E-state index in [0.717, 1.165) is 16.5 Å². The highest BCUT2D eigenvalue weighted by Gasteiger charge is 2.18. The SMILES string of the molecule is COc1ccc(OC)c(-c2coc3cc(OC)c(/C(C)=C/C(=O)NCC(=O)NCC(=O)O)cc23)c1. The predicted molar refractivity (Wildman–Crippen MR) is 129 cm³/mol. The van der Waals surface area contributed by atoms with Gasteiger partial charge in [0.2, 0.25) is 11.8 Å². The van der Waals surface area contributed by atoms with Gasteiger partial charge < -0.3 is 34.4 Å². The Hall–Kier alpha value is -4.47. The number of allylic oxidation sites excluding steroid dienone is 1. The van der Waals surface area contributed by atoms with E-state index in [0.29, 0.717) is 34.0 Å². The number of methoxy groups -OCH3 is 3. The third kappa shape index (κ3) is 5.91. The Morgan fingerprint density at radius 2 is 1.69 bits per heavy atom. The molecule has 0 radical (unpaired) electrons.